The Morgan fingerprint density at radius 1 is 1.56 bits per heavy atom. The molecule has 1 saturated heterocycles. The van der Waals surface area contributed by atoms with Crippen LogP contribution < -0.4 is 5.32 Å². The van der Waals surface area contributed by atoms with Crippen molar-refractivity contribution in [2.75, 3.05) is 25.5 Å². The van der Waals surface area contributed by atoms with Gasteiger partial charge in [0.15, 0.2) is 0 Å². The van der Waals surface area contributed by atoms with Crippen LogP contribution in [0.4, 0.5) is 5.69 Å². The Balaban J connectivity index is 2.28. The van der Waals surface area contributed by atoms with Crippen molar-refractivity contribution < 1.29 is 9.90 Å². The summed E-state index contributed by atoms with van der Waals surface area (Å²) in [6.45, 7) is 2.79. The minimum atomic E-state index is -0.0245. The van der Waals surface area contributed by atoms with E-state index in [1.165, 1.54) is 0 Å². The molecule has 0 aromatic heterocycles. The van der Waals surface area contributed by atoms with Crippen LogP contribution in [0.2, 0.25) is 0 Å². The Morgan fingerprint density at radius 3 is 3.00 bits per heavy atom. The number of amides is 1. The third-order valence-corrected chi connectivity index (χ3v) is 3.52. The lowest BCUT2D eigenvalue weighted by atomic mass is 10.1. The number of hydrogen-bond acceptors (Lipinski definition) is 3. The van der Waals surface area contributed by atoms with E-state index >= 15 is 0 Å². The van der Waals surface area contributed by atoms with Crippen LogP contribution in [0.15, 0.2) is 18.2 Å². The summed E-state index contributed by atoms with van der Waals surface area (Å²) < 4.78 is 0. The van der Waals surface area contributed by atoms with E-state index in [4.69, 9.17) is 0 Å². The summed E-state index contributed by atoms with van der Waals surface area (Å²) in [5.74, 6) is 0.0101. The zero-order valence-electron chi connectivity index (χ0n) is 10.9. The van der Waals surface area contributed by atoms with Crippen molar-refractivity contribution >= 4 is 11.6 Å². The maximum Gasteiger partial charge on any atom is 0.256 e. The Bertz CT molecular complexity index is 445. The van der Waals surface area contributed by atoms with Crippen LogP contribution >= 0.6 is 0 Å². The quantitative estimate of drug-likeness (QED) is 0.855. The smallest absolute Gasteiger partial charge is 0.256 e. The molecule has 1 aromatic rings. The number of benzene rings is 1. The summed E-state index contributed by atoms with van der Waals surface area (Å²) in [6, 6.07) is 5.74. The Hall–Kier alpha value is -1.55. The van der Waals surface area contributed by atoms with Crippen LogP contribution in [0.1, 0.15) is 28.8 Å². The van der Waals surface area contributed by atoms with Crippen LogP contribution in [-0.4, -0.2) is 42.2 Å². The average Bonchev–Trinajstić information content (AvgIpc) is 2.86. The van der Waals surface area contributed by atoms with Crippen molar-refractivity contribution in [3.05, 3.63) is 29.3 Å². The van der Waals surface area contributed by atoms with E-state index in [0.29, 0.717) is 5.56 Å². The predicted molar refractivity (Wildman–Crippen MR) is 71.9 cm³/mol. The van der Waals surface area contributed by atoms with Gasteiger partial charge in [0.1, 0.15) is 0 Å². The molecule has 2 N–H and O–H groups in total. The number of carbonyl (C=O) groups excluding carboxylic acids is 1. The number of nitrogens with one attached hydrogen (secondary N) is 1. The molecule has 1 aliphatic heterocycles. The van der Waals surface area contributed by atoms with Crippen molar-refractivity contribution in [1.29, 1.82) is 0 Å². The van der Waals surface area contributed by atoms with Gasteiger partial charge in [-0.1, -0.05) is 6.07 Å². The summed E-state index contributed by atoms with van der Waals surface area (Å²) in [5.41, 5.74) is 2.66. The largest absolute Gasteiger partial charge is 0.394 e. The molecule has 0 bridgehead atoms. The molecule has 0 saturated carbocycles. The predicted octanol–water partition coefficient (Wildman–Crippen LogP) is 1.63. The van der Waals surface area contributed by atoms with Gasteiger partial charge in [-0.25, -0.2) is 0 Å². The van der Waals surface area contributed by atoms with Gasteiger partial charge < -0.3 is 15.3 Å². The molecule has 18 heavy (non-hydrogen) atoms. The highest BCUT2D eigenvalue weighted by atomic mass is 16.3. The molecule has 0 aliphatic carbocycles. The summed E-state index contributed by atoms with van der Waals surface area (Å²) in [4.78, 5) is 14.3. The van der Waals surface area contributed by atoms with Crippen LogP contribution in [0.3, 0.4) is 0 Å². The van der Waals surface area contributed by atoms with Gasteiger partial charge in [0.2, 0.25) is 0 Å². The van der Waals surface area contributed by atoms with Gasteiger partial charge in [0.25, 0.3) is 5.91 Å². The topological polar surface area (TPSA) is 52.6 Å². The number of aryl methyl sites for hydroxylation is 1. The van der Waals surface area contributed by atoms with Gasteiger partial charge >= 0.3 is 0 Å². The second-order valence-corrected chi connectivity index (χ2v) is 4.78. The lowest BCUT2D eigenvalue weighted by molar-refractivity contribution is 0.0678. The van der Waals surface area contributed by atoms with Gasteiger partial charge in [-0.2, -0.15) is 0 Å². The van der Waals surface area contributed by atoms with Gasteiger partial charge in [-0.3, -0.25) is 4.79 Å². The summed E-state index contributed by atoms with van der Waals surface area (Å²) in [6.07, 6.45) is 1.86. The van der Waals surface area contributed by atoms with E-state index in [-0.39, 0.29) is 18.6 Å². The molecule has 2 rings (SSSR count). The van der Waals surface area contributed by atoms with E-state index in [1.54, 1.807) is 4.90 Å². The van der Waals surface area contributed by atoms with E-state index < -0.39 is 0 Å². The Labute approximate surface area is 108 Å². The number of anilines is 1. The molecule has 1 unspecified atom stereocenters. The van der Waals surface area contributed by atoms with Crippen LogP contribution in [0.25, 0.3) is 0 Å². The van der Waals surface area contributed by atoms with Crippen LogP contribution in [0, 0.1) is 6.92 Å². The second kappa shape index (κ2) is 5.40. The van der Waals surface area contributed by atoms with Crippen molar-refractivity contribution in [2.45, 2.75) is 25.8 Å². The zero-order chi connectivity index (χ0) is 13.1. The highest BCUT2D eigenvalue weighted by Crippen LogP contribution is 2.24. The first-order valence-corrected chi connectivity index (χ1v) is 6.37. The SMILES string of the molecule is CNc1cc(C)ccc1C(=O)N1CCCC1CO. The molecule has 4 heteroatoms. The molecule has 1 aromatic carbocycles. The van der Waals surface area contributed by atoms with Crippen LogP contribution in [0.5, 0.6) is 0 Å². The molecular weight excluding hydrogens is 228 g/mol. The molecule has 1 amide bonds. The number of aliphatic hydroxyl groups is 1. The van der Waals surface area contributed by atoms with Gasteiger partial charge in [0.05, 0.1) is 18.2 Å². The summed E-state index contributed by atoms with van der Waals surface area (Å²) >= 11 is 0. The molecular formula is C14H20N2O2. The summed E-state index contributed by atoms with van der Waals surface area (Å²) in [5, 5.41) is 12.4. The standard InChI is InChI=1S/C14H20N2O2/c1-10-5-6-12(13(8-10)15-2)14(18)16-7-3-4-11(16)9-17/h5-6,8,11,15,17H,3-4,7,9H2,1-2H3. The highest BCUT2D eigenvalue weighted by molar-refractivity contribution is 6.00. The number of hydrogen-bond donors (Lipinski definition) is 2. The fourth-order valence-electron chi connectivity index (χ4n) is 2.50. The number of nitrogens with zero attached hydrogens (tertiary/aromatic N) is 1. The van der Waals surface area contributed by atoms with Crippen molar-refractivity contribution in [3.63, 3.8) is 0 Å². The minimum Gasteiger partial charge on any atom is -0.394 e. The van der Waals surface area contributed by atoms with E-state index in [9.17, 15) is 9.90 Å². The fourth-order valence-corrected chi connectivity index (χ4v) is 2.50. The first-order valence-electron chi connectivity index (χ1n) is 6.37. The van der Waals surface area contributed by atoms with Gasteiger partial charge in [0, 0.05) is 19.3 Å². The molecule has 0 radical (unpaired) electrons. The zero-order valence-corrected chi connectivity index (χ0v) is 10.9. The third-order valence-electron chi connectivity index (χ3n) is 3.52. The first kappa shape index (κ1) is 12.9. The lowest BCUT2D eigenvalue weighted by Gasteiger charge is -2.24. The monoisotopic (exact) mass is 248 g/mol. The summed E-state index contributed by atoms with van der Waals surface area (Å²) in [7, 11) is 1.82. The van der Waals surface area contributed by atoms with E-state index in [1.807, 2.05) is 32.2 Å². The number of aliphatic hydroxyl groups excluding tert-OH is 1. The fraction of sp³-hybridized carbons (Fsp3) is 0.500. The van der Waals surface area contributed by atoms with E-state index in [2.05, 4.69) is 5.32 Å². The molecule has 1 aliphatic rings. The Morgan fingerprint density at radius 2 is 2.33 bits per heavy atom. The maximum atomic E-state index is 12.5. The number of likely N-dealkylation sites (tertiary alicyclic amines) is 1. The first-order chi connectivity index (χ1) is 8.67. The van der Waals surface area contributed by atoms with Crippen molar-refractivity contribution in [1.82, 2.24) is 4.90 Å². The number of rotatable bonds is 3. The maximum absolute atomic E-state index is 12.5. The van der Waals surface area contributed by atoms with Gasteiger partial charge in [-0.05, 0) is 37.5 Å². The normalized spacial score (nSPS) is 19.1. The molecule has 0 spiro atoms. The third kappa shape index (κ3) is 2.34. The van der Waals surface area contributed by atoms with Crippen LogP contribution in [-0.2, 0) is 0 Å². The highest BCUT2D eigenvalue weighted by Gasteiger charge is 2.29. The molecule has 1 atom stereocenters. The lowest BCUT2D eigenvalue weighted by Crippen LogP contribution is -2.37. The molecule has 1 fully saturated rings. The van der Waals surface area contributed by atoms with Crippen molar-refractivity contribution in [3.8, 4) is 0 Å². The molecule has 4 nitrogen and oxygen atoms in total. The molecule has 98 valence electrons. The Kier molecular flexibility index (Phi) is 3.87. The number of carbonyl (C=O) groups is 1. The second-order valence-electron chi connectivity index (χ2n) is 4.78. The van der Waals surface area contributed by atoms with Crippen molar-refractivity contribution in [2.24, 2.45) is 0 Å². The minimum absolute atomic E-state index is 0.0101. The average molecular weight is 248 g/mol. The molecule has 1 heterocycles. The van der Waals surface area contributed by atoms with Gasteiger partial charge in [-0.15, -0.1) is 0 Å². The van der Waals surface area contributed by atoms with E-state index in [0.717, 1.165) is 30.6 Å².